The number of nitrogens with two attached hydrogens (primary N) is 1. The van der Waals surface area contributed by atoms with E-state index < -0.39 is 62.5 Å². The van der Waals surface area contributed by atoms with Gasteiger partial charge in [0.2, 0.25) is 0 Å². The maximum atomic E-state index is 14.4. The Bertz CT molecular complexity index is 1700. The number of ether oxygens (including phenoxy) is 2. The molecule has 0 aliphatic carbocycles. The molecule has 2 unspecified atom stereocenters. The minimum absolute atomic E-state index is 0.0240. The molecule has 5 N–H and O–H groups in total. The Labute approximate surface area is 264 Å². The number of aliphatic hydroxyl groups is 1. The number of benzene rings is 3. The highest BCUT2D eigenvalue weighted by atomic mass is 31.2. The third kappa shape index (κ3) is 7.16. The van der Waals surface area contributed by atoms with Crippen LogP contribution in [0.5, 0.6) is 5.75 Å². The van der Waals surface area contributed by atoms with Gasteiger partial charge in [0.15, 0.2) is 5.72 Å². The van der Waals surface area contributed by atoms with Crippen molar-refractivity contribution in [1.29, 1.82) is 0 Å². The second-order valence-electron chi connectivity index (χ2n) is 10.9. The topological polar surface area (TPSA) is 210 Å². The number of aliphatic hydroxyl groups excluding tert-OH is 1. The summed E-state index contributed by atoms with van der Waals surface area (Å²) in [5.41, 5.74) is 13.8. The molecule has 7 atom stereocenters. The van der Waals surface area contributed by atoms with Crippen molar-refractivity contribution in [3.8, 4) is 5.75 Å². The summed E-state index contributed by atoms with van der Waals surface area (Å²) in [7, 11) is -4.54. The summed E-state index contributed by atoms with van der Waals surface area (Å²) < 4.78 is 37.6. The number of carbonyl (C=O) groups is 2. The van der Waals surface area contributed by atoms with E-state index >= 15 is 0 Å². The Kier molecular flexibility index (Phi) is 9.94. The predicted molar refractivity (Wildman–Crippen MR) is 166 cm³/mol. The lowest BCUT2D eigenvalue weighted by molar-refractivity contribution is -0.146. The number of urea groups is 1. The Balaban J connectivity index is 1.41. The van der Waals surface area contributed by atoms with Gasteiger partial charge in [-0.25, -0.2) is 9.36 Å². The van der Waals surface area contributed by atoms with Gasteiger partial charge < -0.3 is 30.2 Å². The lowest BCUT2D eigenvalue weighted by Crippen LogP contribution is -2.54. The van der Waals surface area contributed by atoms with E-state index in [1.807, 2.05) is 24.3 Å². The molecule has 0 aromatic heterocycles. The van der Waals surface area contributed by atoms with Gasteiger partial charge in [0.25, 0.3) is 0 Å². The van der Waals surface area contributed by atoms with E-state index in [-0.39, 0.29) is 12.4 Å². The molecule has 5 rings (SSSR count). The van der Waals surface area contributed by atoms with E-state index in [4.69, 9.17) is 24.3 Å². The molecule has 1 saturated heterocycles. The number of nitrogens with one attached hydrogen (secondary N) is 2. The van der Waals surface area contributed by atoms with Gasteiger partial charge in [-0.1, -0.05) is 78.8 Å². The van der Waals surface area contributed by atoms with Gasteiger partial charge in [-0.15, -0.1) is 0 Å². The molecule has 3 aromatic rings. The molecule has 0 spiro atoms. The third-order valence-corrected chi connectivity index (χ3v) is 9.15. The molecule has 3 aromatic carbocycles. The Morgan fingerprint density at radius 1 is 1.22 bits per heavy atom. The quantitative estimate of drug-likeness (QED) is 0.0719. The first-order valence-corrected chi connectivity index (χ1v) is 15.9. The number of rotatable bonds is 12. The first-order valence-electron chi connectivity index (χ1n) is 14.4. The number of nitrogens with zero attached hydrogens (tertiary/aromatic N) is 4. The second-order valence-corrected chi connectivity index (χ2v) is 12.5. The number of hydrogen-bond donors (Lipinski definition) is 4. The predicted octanol–water partition coefficient (Wildman–Crippen LogP) is 4.25. The molecule has 0 saturated carbocycles. The number of carbonyl (C=O) groups excluding carboxylic acids is 2. The molecule has 0 radical (unpaired) electrons. The average Bonchev–Trinajstić information content (AvgIpc) is 3.29. The minimum atomic E-state index is -4.54. The highest BCUT2D eigenvalue weighted by Crippen LogP contribution is 2.49. The van der Waals surface area contributed by atoms with Gasteiger partial charge in [-0.3, -0.25) is 14.2 Å². The van der Waals surface area contributed by atoms with Crippen LogP contribution in [0.3, 0.4) is 0 Å². The van der Waals surface area contributed by atoms with Crippen LogP contribution in [-0.2, 0) is 30.0 Å². The molecule has 0 bridgehead atoms. The van der Waals surface area contributed by atoms with Crippen LogP contribution in [0.2, 0.25) is 0 Å². The average molecular weight is 652 g/mol. The Hall–Kier alpha value is -4.46. The molecular weight excluding hydrogens is 617 g/mol. The monoisotopic (exact) mass is 651 g/mol. The molecular formula is C30H34N7O8P. The van der Waals surface area contributed by atoms with Crippen molar-refractivity contribution in [1.82, 2.24) is 15.3 Å². The van der Waals surface area contributed by atoms with Crippen molar-refractivity contribution in [2.24, 2.45) is 16.8 Å². The largest absolute Gasteiger partial charge is 0.460 e. The molecule has 1 fully saturated rings. The maximum Gasteiger partial charge on any atom is 0.459 e. The van der Waals surface area contributed by atoms with E-state index in [1.165, 1.54) is 19.2 Å². The number of fused-ring (bicyclic) bond motifs is 1. The fraction of sp³-hybridized carbons (Fsp3) is 0.333. The van der Waals surface area contributed by atoms with Crippen LogP contribution < -0.4 is 20.7 Å². The maximum absolute atomic E-state index is 14.4. The second kappa shape index (κ2) is 13.9. The summed E-state index contributed by atoms with van der Waals surface area (Å²) >= 11 is 0. The first-order chi connectivity index (χ1) is 22.0. The summed E-state index contributed by atoms with van der Waals surface area (Å²) in [5.74, 6) is -1.38. The first kappa shape index (κ1) is 32.9. The Morgan fingerprint density at radius 2 is 1.93 bits per heavy atom. The van der Waals surface area contributed by atoms with Gasteiger partial charge in [0.05, 0.1) is 18.9 Å². The molecule has 16 heteroatoms. The number of hydrogen-bond acceptors (Lipinski definition) is 10. The Morgan fingerprint density at radius 3 is 2.67 bits per heavy atom. The van der Waals surface area contributed by atoms with E-state index in [2.05, 4.69) is 20.4 Å². The summed E-state index contributed by atoms with van der Waals surface area (Å²) in [6, 6.07) is 19.5. The van der Waals surface area contributed by atoms with Crippen molar-refractivity contribution in [3.05, 3.63) is 101 Å². The number of azide groups is 1. The van der Waals surface area contributed by atoms with Crippen LogP contribution >= 0.6 is 7.75 Å². The van der Waals surface area contributed by atoms with Crippen LogP contribution in [0, 0.1) is 5.92 Å². The fourth-order valence-corrected chi connectivity index (χ4v) is 6.64. The van der Waals surface area contributed by atoms with Gasteiger partial charge in [0.1, 0.15) is 24.6 Å². The van der Waals surface area contributed by atoms with Crippen molar-refractivity contribution >= 4 is 30.5 Å². The summed E-state index contributed by atoms with van der Waals surface area (Å²) in [4.78, 5) is 29.6. The fourth-order valence-electron chi connectivity index (χ4n) is 5.10. The van der Waals surface area contributed by atoms with Crippen LogP contribution in [0.1, 0.15) is 19.4 Å². The van der Waals surface area contributed by atoms with E-state index in [9.17, 15) is 24.8 Å². The molecule has 2 amide bonds. The van der Waals surface area contributed by atoms with Crippen molar-refractivity contribution < 1.29 is 37.8 Å². The van der Waals surface area contributed by atoms with Crippen molar-refractivity contribution in [2.45, 2.75) is 50.7 Å². The van der Waals surface area contributed by atoms with E-state index in [1.54, 1.807) is 55.5 Å². The molecule has 15 nitrogen and oxygen atoms in total. The van der Waals surface area contributed by atoms with E-state index in [0.717, 1.165) is 15.8 Å². The zero-order valence-corrected chi connectivity index (χ0v) is 25.9. The lowest BCUT2D eigenvalue weighted by Gasteiger charge is -2.33. The molecule has 242 valence electrons. The highest BCUT2D eigenvalue weighted by Gasteiger charge is 2.56. The third-order valence-electron chi connectivity index (χ3n) is 7.54. The van der Waals surface area contributed by atoms with E-state index in [0.29, 0.717) is 5.39 Å². The summed E-state index contributed by atoms with van der Waals surface area (Å²) in [6.45, 7) is 2.18. The summed E-state index contributed by atoms with van der Waals surface area (Å²) in [5, 5.41) is 21.4. The number of esters is 1. The van der Waals surface area contributed by atoms with Gasteiger partial charge in [0, 0.05) is 22.4 Å². The summed E-state index contributed by atoms with van der Waals surface area (Å²) in [6.07, 6.45) is -0.471. The standard InChI is InChI=1S/C30H34N7O8P/c1-19-26(38)30(35-36-32,44-27(19)37-16-15-25(31)33-29(37)40)18-43-46(41,45-24-14-8-12-22-11-6-7-13-23(22)24)34-20(2)28(39)42-17-21-9-4-3-5-10-21/h3-16,19-20,25-27,38H,17-18,31H2,1-2H3,(H,33,40)(H,34,41)/t19-,20-,25?,26-,27+,30+,46?/m0/s1. The van der Waals surface area contributed by atoms with Crippen LogP contribution in [0.4, 0.5) is 4.79 Å². The lowest BCUT2D eigenvalue weighted by atomic mass is 9.98. The van der Waals surface area contributed by atoms with Gasteiger partial charge in [-0.2, -0.15) is 5.09 Å². The molecule has 2 heterocycles. The normalized spacial score (nSPS) is 26.1. The molecule has 2 aliphatic heterocycles. The molecule has 2 aliphatic rings. The van der Waals surface area contributed by atoms with Gasteiger partial charge >= 0.3 is 19.7 Å². The zero-order chi connectivity index (χ0) is 32.9. The number of amides is 2. The van der Waals surface area contributed by atoms with Crippen molar-refractivity contribution in [3.63, 3.8) is 0 Å². The smallest absolute Gasteiger partial charge is 0.459 e. The highest BCUT2D eigenvalue weighted by molar-refractivity contribution is 7.52. The zero-order valence-electron chi connectivity index (χ0n) is 25.0. The SMILES string of the molecule is C[C@@H]1[C@H](N2C=CC(N)NC2=O)O[C@@](COP(=O)(N[C@@H](C)C(=O)OCc2ccccc2)Oc2cccc3ccccc23)(N=[N+]=[N-])[C@H]1O. The van der Waals surface area contributed by atoms with Crippen molar-refractivity contribution in [2.75, 3.05) is 6.61 Å². The van der Waals surface area contributed by atoms with Gasteiger partial charge in [-0.05, 0) is 35.5 Å². The van der Waals surface area contributed by atoms with Crippen LogP contribution in [0.15, 0.2) is 90.2 Å². The van der Waals surface area contributed by atoms with Crippen LogP contribution in [0.25, 0.3) is 21.2 Å². The molecule has 46 heavy (non-hydrogen) atoms. The minimum Gasteiger partial charge on any atom is -0.460 e. The van der Waals surface area contributed by atoms with Crippen LogP contribution in [-0.4, -0.2) is 58.9 Å².